The largest absolute Gasteiger partial charge is 0.379 e. The van der Waals surface area contributed by atoms with Gasteiger partial charge in [-0.15, -0.1) is 23.7 Å². The highest BCUT2D eigenvalue weighted by Crippen LogP contribution is 2.30. The van der Waals surface area contributed by atoms with E-state index in [2.05, 4.69) is 30.0 Å². The monoisotopic (exact) mass is 465 g/mol. The number of aryl methyl sites for hydroxylation is 1. The first-order valence-corrected chi connectivity index (χ1v) is 11.9. The number of thiophene rings is 1. The Kier molecular flexibility index (Phi) is 8.65. The van der Waals surface area contributed by atoms with E-state index in [1.54, 1.807) is 22.7 Å². The fraction of sp³-hybridized carbons (Fsp3) is 0.455. The zero-order chi connectivity index (χ0) is 20.1. The Hall–Kier alpha value is -1.51. The minimum atomic E-state index is 0. The SMILES string of the molecule is CCc1ccc2nc(N(CCCN3CCOCC3)C(=O)Cc3cccs3)sc2c1.Cl. The van der Waals surface area contributed by atoms with Crippen LogP contribution < -0.4 is 4.90 Å². The van der Waals surface area contributed by atoms with Crippen molar-refractivity contribution >= 4 is 56.3 Å². The third kappa shape index (κ3) is 5.80. The molecule has 1 saturated heterocycles. The summed E-state index contributed by atoms with van der Waals surface area (Å²) in [5.74, 6) is 0.129. The second-order valence-corrected chi connectivity index (χ2v) is 9.30. The number of fused-ring (bicyclic) bond motifs is 1. The highest BCUT2D eigenvalue weighted by molar-refractivity contribution is 7.22. The summed E-state index contributed by atoms with van der Waals surface area (Å²) in [6, 6.07) is 10.4. The van der Waals surface area contributed by atoms with Crippen LogP contribution in [0.25, 0.3) is 10.2 Å². The molecule has 8 heteroatoms. The molecule has 0 unspecified atom stereocenters. The highest BCUT2D eigenvalue weighted by atomic mass is 35.5. The quantitative estimate of drug-likeness (QED) is 0.486. The minimum absolute atomic E-state index is 0. The molecule has 1 aliphatic heterocycles. The molecule has 0 spiro atoms. The molecule has 0 radical (unpaired) electrons. The summed E-state index contributed by atoms with van der Waals surface area (Å²) in [5, 5.41) is 2.84. The number of benzene rings is 1. The number of aromatic nitrogens is 1. The number of carbonyl (C=O) groups excluding carboxylic acids is 1. The third-order valence-electron chi connectivity index (χ3n) is 5.25. The molecular formula is C22H28ClN3O2S2. The van der Waals surface area contributed by atoms with E-state index < -0.39 is 0 Å². The second-order valence-electron chi connectivity index (χ2n) is 7.26. The van der Waals surface area contributed by atoms with Crippen LogP contribution in [0.1, 0.15) is 23.8 Å². The fourth-order valence-corrected chi connectivity index (χ4v) is 5.32. The lowest BCUT2D eigenvalue weighted by atomic mass is 10.2. The molecule has 1 aromatic carbocycles. The smallest absolute Gasteiger partial charge is 0.234 e. The van der Waals surface area contributed by atoms with E-state index in [0.29, 0.717) is 13.0 Å². The summed E-state index contributed by atoms with van der Waals surface area (Å²) in [4.78, 5) is 23.4. The van der Waals surface area contributed by atoms with Crippen molar-refractivity contribution in [3.05, 3.63) is 46.2 Å². The van der Waals surface area contributed by atoms with Crippen molar-refractivity contribution in [2.45, 2.75) is 26.2 Å². The lowest BCUT2D eigenvalue weighted by Crippen LogP contribution is -2.39. The van der Waals surface area contributed by atoms with Crippen molar-refractivity contribution < 1.29 is 9.53 Å². The molecule has 162 valence electrons. The summed E-state index contributed by atoms with van der Waals surface area (Å²) in [6.07, 6.45) is 2.38. The first-order valence-electron chi connectivity index (χ1n) is 10.3. The van der Waals surface area contributed by atoms with Crippen LogP contribution in [0.3, 0.4) is 0 Å². The molecule has 1 fully saturated rings. The first kappa shape index (κ1) is 23.2. The first-order chi connectivity index (χ1) is 14.2. The van der Waals surface area contributed by atoms with Gasteiger partial charge in [0.25, 0.3) is 0 Å². The molecule has 0 bridgehead atoms. The van der Waals surface area contributed by atoms with E-state index in [-0.39, 0.29) is 18.3 Å². The predicted octanol–water partition coefficient (Wildman–Crippen LogP) is 4.64. The second kappa shape index (κ2) is 11.2. The number of carbonyl (C=O) groups is 1. The van der Waals surface area contributed by atoms with Crippen molar-refractivity contribution in [3.63, 3.8) is 0 Å². The van der Waals surface area contributed by atoms with Crippen LogP contribution in [0.4, 0.5) is 5.13 Å². The van der Waals surface area contributed by atoms with Gasteiger partial charge in [0.2, 0.25) is 5.91 Å². The normalized spacial score (nSPS) is 14.6. The zero-order valence-corrected chi connectivity index (χ0v) is 19.7. The Morgan fingerprint density at radius 3 is 2.83 bits per heavy atom. The summed E-state index contributed by atoms with van der Waals surface area (Å²) >= 11 is 3.26. The average Bonchev–Trinajstić information content (AvgIpc) is 3.40. The molecular weight excluding hydrogens is 438 g/mol. The molecule has 0 N–H and O–H groups in total. The molecule has 4 rings (SSSR count). The van der Waals surface area contributed by atoms with Crippen LogP contribution in [0, 0.1) is 0 Å². The van der Waals surface area contributed by atoms with Crippen LogP contribution in [0.2, 0.25) is 0 Å². The Morgan fingerprint density at radius 1 is 1.27 bits per heavy atom. The Bertz CT molecular complexity index is 939. The van der Waals surface area contributed by atoms with Gasteiger partial charge in [0.05, 0.1) is 29.9 Å². The maximum atomic E-state index is 13.2. The molecule has 30 heavy (non-hydrogen) atoms. The van der Waals surface area contributed by atoms with E-state index in [1.807, 2.05) is 22.4 Å². The van der Waals surface area contributed by atoms with Gasteiger partial charge in [0.15, 0.2) is 5.13 Å². The van der Waals surface area contributed by atoms with Gasteiger partial charge in [-0.1, -0.05) is 30.4 Å². The van der Waals surface area contributed by atoms with Crippen molar-refractivity contribution in [3.8, 4) is 0 Å². The van der Waals surface area contributed by atoms with E-state index in [1.165, 1.54) is 5.56 Å². The highest BCUT2D eigenvalue weighted by Gasteiger charge is 2.21. The van der Waals surface area contributed by atoms with Gasteiger partial charge in [-0.2, -0.15) is 0 Å². The zero-order valence-electron chi connectivity index (χ0n) is 17.2. The fourth-order valence-electron chi connectivity index (χ4n) is 3.55. The topological polar surface area (TPSA) is 45.7 Å². The average molecular weight is 466 g/mol. The molecule has 0 atom stereocenters. The predicted molar refractivity (Wildman–Crippen MR) is 128 cm³/mol. The third-order valence-corrected chi connectivity index (χ3v) is 7.16. The van der Waals surface area contributed by atoms with Gasteiger partial charge in [0, 0.05) is 31.1 Å². The van der Waals surface area contributed by atoms with E-state index in [0.717, 1.165) is 65.9 Å². The maximum absolute atomic E-state index is 13.2. The van der Waals surface area contributed by atoms with Gasteiger partial charge in [-0.05, 0) is 42.0 Å². The number of hydrogen-bond donors (Lipinski definition) is 0. The van der Waals surface area contributed by atoms with Gasteiger partial charge >= 0.3 is 0 Å². The van der Waals surface area contributed by atoms with E-state index >= 15 is 0 Å². The number of nitrogens with zero attached hydrogens (tertiary/aromatic N) is 3. The number of morpholine rings is 1. The van der Waals surface area contributed by atoms with Crippen LogP contribution in [-0.2, 0) is 22.4 Å². The Balaban J connectivity index is 0.00000256. The molecule has 5 nitrogen and oxygen atoms in total. The van der Waals surface area contributed by atoms with Gasteiger partial charge in [-0.25, -0.2) is 4.98 Å². The number of ether oxygens (including phenoxy) is 1. The van der Waals surface area contributed by atoms with Crippen molar-refractivity contribution in [2.24, 2.45) is 0 Å². The summed E-state index contributed by atoms with van der Waals surface area (Å²) < 4.78 is 6.59. The summed E-state index contributed by atoms with van der Waals surface area (Å²) in [6.45, 7) is 7.40. The van der Waals surface area contributed by atoms with Crippen LogP contribution in [0.15, 0.2) is 35.7 Å². The number of amides is 1. The lowest BCUT2D eigenvalue weighted by molar-refractivity contribution is -0.118. The minimum Gasteiger partial charge on any atom is -0.379 e. The molecule has 1 amide bonds. The number of anilines is 1. The standard InChI is InChI=1S/C22H27N3O2S2.ClH/c1-2-17-6-7-19-20(15-17)29-22(23-19)25(21(26)16-18-5-3-14-28-18)9-4-8-24-10-12-27-13-11-24;/h3,5-7,14-15H,2,4,8-13,16H2,1H3;1H. The molecule has 2 aromatic heterocycles. The van der Waals surface area contributed by atoms with E-state index in [9.17, 15) is 4.79 Å². The Morgan fingerprint density at radius 2 is 2.10 bits per heavy atom. The number of halogens is 1. The molecule has 3 aromatic rings. The molecule has 0 aliphatic carbocycles. The van der Waals surface area contributed by atoms with Crippen molar-refractivity contribution in [1.82, 2.24) is 9.88 Å². The van der Waals surface area contributed by atoms with Gasteiger partial charge in [-0.3, -0.25) is 14.6 Å². The summed E-state index contributed by atoms with van der Waals surface area (Å²) in [7, 11) is 0. The van der Waals surface area contributed by atoms with Crippen LogP contribution in [-0.4, -0.2) is 55.2 Å². The number of hydrogen-bond acceptors (Lipinski definition) is 6. The van der Waals surface area contributed by atoms with Crippen molar-refractivity contribution in [2.75, 3.05) is 44.3 Å². The lowest BCUT2D eigenvalue weighted by Gasteiger charge is -2.27. The maximum Gasteiger partial charge on any atom is 0.234 e. The molecule has 3 heterocycles. The van der Waals surface area contributed by atoms with Crippen molar-refractivity contribution in [1.29, 1.82) is 0 Å². The van der Waals surface area contributed by atoms with Crippen LogP contribution >= 0.6 is 35.1 Å². The molecule has 0 saturated carbocycles. The van der Waals surface area contributed by atoms with Gasteiger partial charge in [0.1, 0.15) is 0 Å². The molecule has 1 aliphatic rings. The number of rotatable bonds is 8. The van der Waals surface area contributed by atoms with E-state index in [4.69, 9.17) is 9.72 Å². The Labute approximate surface area is 192 Å². The summed E-state index contributed by atoms with van der Waals surface area (Å²) in [5.41, 5.74) is 2.28. The van der Waals surface area contributed by atoms with Crippen LogP contribution in [0.5, 0.6) is 0 Å². The van der Waals surface area contributed by atoms with Gasteiger partial charge < -0.3 is 4.74 Å². The number of thiazole rings is 1.